The number of benzene rings is 4. The molecule has 34 heavy (non-hydrogen) atoms. The van der Waals surface area contributed by atoms with Gasteiger partial charge in [-0.15, -0.1) is 0 Å². The predicted octanol–water partition coefficient (Wildman–Crippen LogP) is 8.49. The molecule has 0 bridgehead atoms. The van der Waals surface area contributed by atoms with E-state index in [1.165, 1.54) is 17.7 Å². The molecule has 4 aromatic rings. The van der Waals surface area contributed by atoms with Gasteiger partial charge in [0, 0.05) is 6.42 Å². The Bertz CT molecular complexity index is 1290. The van der Waals surface area contributed by atoms with Gasteiger partial charge in [-0.2, -0.15) is 0 Å². The van der Waals surface area contributed by atoms with Gasteiger partial charge in [0.2, 0.25) is 0 Å². The monoisotopic (exact) mass is 456 g/mol. The minimum absolute atomic E-state index is 0.0670. The van der Waals surface area contributed by atoms with Crippen molar-refractivity contribution in [2.75, 3.05) is 0 Å². The second kappa shape index (κ2) is 10.0. The Morgan fingerprint density at radius 3 is 1.56 bits per heavy atom. The minimum atomic E-state index is -2.90. The van der Waals surface area contributed by atoms with E-state index < -0.39 is 17.7 Å². The highest BCUT2D eigenvalue weighted by Crippen LogP contribution is 2.40. The molecule has 0 fully saturated rings. The Morgan fingerprint density at radius 2 is 1.15 bits per heavy atom. The fraction of sp³-hybridized carbons (Fsp3) is 0.167. The van der Waals surface area contributed by atoms with Crippen molar-refractivity contribution in [1.82, 2.24) is 0 Å². The summed E-state index contributed by atoms with van der Waals surface area (Å²) < 4.78 is 27.6. The average Bonchev–Trinajstić information content (AvgIpc) is 2.88. The van der Waals surface area contributed by atoms with Crippen LogP contribution in [0.2, 0.25) is 0 Å². The summed E-state index contributed by atoms with van der Waals surface area (Å²) in [5.74, 6) is -1.00. The van der Waals surface area contributed by atoms with E-state index in [1.54, 1.807) is 19.1 Å². The highest BCUT2D eigenvalue weighted by atomic mass is 19.3. The number of phenolic OH excluding ortho intramolecular Hbond substituents is 1. The maximum atomic E-state index is 13.8. The van der Waals surface area contributed by atoms with Crippen LogP contribution in [0.3, 0.4) is 0 Å². The van der Waals surface area contributed by atoms with Gasteiger partial charge in [0.05, 0.1) is 11.1 Å². The summed E-state index contributed by atoms with van der Waals surface area (Å²) in [6, 6.07) is 26.9. The van der Waals surface area contributed by atoms with Crippen LogP contribution in [-0.4, -0.2) is 10.9 Å². The molecule has 0 amide bonds. The summed E-state index contributed by atoms with van der Waals surface area (Å²) in [5, 5.41) is 10.4. The van der Waals surface area contributed by atoms with E-state index in [2.05, 4.69) is 43.3 Å². The Balaban J connectivity index is 1.62. The molecular weight excluding hydrogens is 430 g/mol. The third-order valence-corrected chi connectivity index (χ3v) is 6.17. The molecule has 4 rings (SSSR count). The Hall–Kier alpha value is -3.79. The van der Waals surface area contributed by atoms with Gasteiger partial charge < -0.3 is 5.11 Å². The number of ketones is 1. The van der Waals surface area contributed by atoms with Crippen LogP contribution >= 0.6 is 0 Å². The quantitative estimate of drug-likeness (QED) is 0.283. The van der Waals surface area contributed by atoms with Crippen molar-refractivity contribution in [2.24, 2.45) is 0 Å². The molecular formula is C30H26F2O2. The zero-order chi connectivity index (χ0) is 24.2. The van der Waals surface area contributed by atoms with Crippen molar-refractivity contribution in [2.45, 2.75) is 33.1 Å². The van der Waals surface area contributed by atoms with E-state index >= 15 is 0 Å². The maximum absolute atomic E-state index is 13.8. The number of aryl methyl sites for hydroxylation is 1. The molecule has 0 atom stereocenters. The van der Waals surface area contributed by atoms with Crippen molar-refractivity contribution < 1.29 is 18.7 Å². The number of alkyl halides is 2. The lowest BCUT2D eigenvalue weighted by molar-refractivity contribution is 0.0984. The van der Waals surface area contributed by atoms with E-state index in [4.69, 9.17) is 0 Å². The van der Waals surface area contributed by atoms with Crippen molar-refractivity contribution in [3.8, 4) is 39.1 Å². The SMILES string of the molecule is CCC(=O)c1ccc(-c2ccc(-c3ccc(-c4ccc(CC)cc4)cc3)cc2)c(C(F)F)c1O. The fourth-order valence-corrected chi connectivity index (χ4v) is 4.13. The molecule has 0 heterocycles. The molecule has 0 aliphatic heterocycles. The third-order valence-electron chi connectivity index (χ3n) is 6.17. The molecule has 2 nitrogen and oxygen atoms in total. The number of Topliss-reactive ketones (excluding diaryl/α,β-unsaturated/α-hetero) is 1. The Kier molecular flexibility index (Phi) is 6.87. The van der Waals surface area contributed by atoms with Gasteiger partial charge in [-0.1, -0.05) is 92.7 Å². The molecule has 4 heteroatoms. The number of carbonyl (C=O) groups is 1. The first-order valence-electron chi connectivity index (χ1n) is 11.4. The van der Waals surface area contributed by atoms with Crippen LogP contribution in [0.1, 0.15) is 48.2 Å². The van der Waals surface area contributed by atoms with Crippen LogP contribution in [0, 0.1) is 0 Å². The first-order valence-corrected chi connectivity index (χ1v) is 11.4. The third kappa shape index (κ3) is 4.62. The number of rotatable bonds is 7. The standard InChI is InChI=1S/C30H26F2O2/c1-3-19-5-7-20(8-6-19)21-9-11-22(12-10-21)23-13-15-24(16-14-23)25-17-18-26(27(33)4-2)29(34)28(25)30(31)32/h5-18,30,34H,3-4H2,1-2H3. The van der Waals surface area contributed by atoms with E-state index in [0.717, 1.165) is 28.7 Å². The summed E-state index contributed by atoms with van der Waals surface area (Å²) in [6.07, 6.45) is -1.76. The molecule has 172 valence electrons. The summed E-state index contributed by atoms with van der Waals surface area (Å²) >= 11 is 0. The summed E-state index contributed by atoms with van der Waals surface area (Å²) in [7, 11) is 0. The van der Waals surface area contributed by atoms with Crippen LogP contribution in [-0.2, 0) is 6.42 Å². The summed E-state index contributed by atoms with van der Waals surface area (Å²) in [5.41, 5.74) is 5.75. The zero-order valence-corrected chi connectivity index (χ0v) is 19.2. The average molecular weight is 457 g/mol. The Morgan fingerprint density at radius 1 is 0.706 bits per heavy atom. The highest BCUT2D eigenvalue weighted by Gasteiger charge is 2.23. The van der Waals surface area contributed by atoms with E-state index in [9.17, 15) is 18.7 Å². The number of phenols is 1. The molecule has 0 aromatic heterocycles. The lowest BCUT2D eigenvalue weighted by Gasteiger charge is -2.14. The lowest BCUT2D eigenvalue weighted by atomic mass is 9.93. The van der Waals surface area contributed by atoms with Gasteiger partial charge in [-0.25, -0.2) is 8.78 Å². The fourth-order valence-electron chi connectivity index (χ4n) is 4.13. The number of aromatic hydroxyl groups is 1. The largest absolute Gasteiger partial charge is 0.507 e. The van der Waals surface area contributed by atoms with Gasteiger partial charge in [0.25, 0.3) is 6.43 Å². The Labute approximate surface area is 198 Å². The number of carbonyl (C=O) groups excluding carboxylic acids is 1. The number of hydrogen-bond acceptors (Lipinski definition) is 2. The maximum Gasteiger partial charge on any atom is 0.268 e. The molecule has 1 N–H and O–H groups in total. The van der Waals surface area contributed by atoms with Crippen molar-refractivity contribution in [3.05, 3.63) is 102 Å². The topological polar surface area (TPSA) is 37.3 Å². The molecule has 0 aliphatic carbocycles. The lowest BCUT2D eigenvalue weighted by Crippen LogP contribution is -2.01. The molecule has 4 aromatic carbocycles. The van der Waals surface area contributed by atoms with Crippen LogP contribution in [0.4, 0.5) is 8.78 Å². The molecule has 0 aliphatic rings. The molecule has 0 saturated heterocycles. The van der Waals surface area contributed by atoms with E-state index in [0.29, 0.717) is 5.56 Å². The highest BCUT2D eigenvalue weighted by molar-refractivity contribution is 5.99. The number of halogens is 2. The van der Waals surface area contributed by atoms with E-state index in [-0.39, 0.29) is 23.3 Å². The van der Waals surface area contributed by atoms with Gasteiger partial charge in [-0.3, -0.25) is 4.79 Å². The van der Waals surface area contributed by atoms with Crippen molar-refractivity contribution >= 4 is 5.78 Å². The minimum Gasteiger partial charge on any atom is -0.507 e. The van der Waals surface area contributed by atoms with Crippen LogP contribution < -0.4 is 0 Å². The second-order valence-corrected chi connectivity index (χ2v) is 8.21. The smallest absolute Gasteiger partial charge is 0.268 e. The molecule has 0 radical (unpaired) electrons. The molecule has 0 unspecified atom stereocenters. The first-order chi connectivity index (χ1) is 16.4. The van der Waals surface area contributed by atoms with Crippen LogP contribution in [0.15, 0.2) is 84.9 Å². The van der Waals surface area contributed by atoms with Gasteiger partial charge in [0.1, 0.15) is 5.75 Å². The normalized spacial score (nSPS) is 11.1. The zero-order valence-electron chi connectivity index (χ0n) is 19.2. The van der Waals surface area contributed by atoms with Crippen LogP contribution in [0.25, 0.3) is 33.4 Å². The molecule has 0 saturated carbocycles. The predicted molar refractivity (Wildman–Crippen MR) is 133 cm³/mol. The first kappa shape index (κ1) is 23.4. The number of hydrogen-bond donors (Lipinski definition) is 1. The van der Waals surface area contributed by atoms with Crippen molar-refractivity contribution in [3.63, 3.8) is 0 Å². The van der Waals surface area contributed by atoms with Gasteiger partial charge in [0.15, 0.2) is 5.78 Å². The van der Waals surface area contributed by atoms with Gasteiger partial charge in [-0.05, 0) is 51.4 Å². The van der Waals surface area contributed by atoms with Crippen LogP contribution in [0.5, 0.6) is 5.75 Å². The summed E-state index contributed by atoms with van der Waals surface area (Å²) in [4.78, 5) is 12.0. The second-order valence-electron chi connectivity index (χ2n) is 8.21. The molecule has 0 spiro atoms. The summed E-state index contributed by atoms with van der Waals surface area (Å²) in [6.45, 7) is 3.76. The van der Waals surface area contributed by atoms with E-state index in [1.807, 2.05) is 24.3 Å². The van der Waals surface area contributed by atoms with Gasteiger partial charge >= 0.3 is 0 Å². The van der Waals surface area contributed by atoms with Crippen molar-refractivity contribution in [1.29, 1.82) is 0 Å².